The summed E-state index contributed by atoms with van der Waals surface area (Å²) in [7, 11) is -3.84. The predicted molar refractivity (Wildman–Crippen MR) is 110 cm³/mol. The Hall–Kier alpha value is -2.52. The average molecular weight is 437 g/mol. The van der Waals surface area contributed by atoms with E-state index < -0.39 is 16.2 Å². The number of fused-ring (bicyclic) bond motifs is 1. The van der Waals surface area contributed by atoms with Crippen LogP contribution in [0.25, 0.3) is 0 Å². The van der Waals surface area contributed by atoms with Gasteiger partial charge in [0.15, 0.2) is 0 Å². The lowest BCUT2D eigenvalue weighted by Crippen LogP contribution is -2.35. The molecule has 1 unspecified atom stereocenters. The maximum Gasteiger partial charge on any atom is 0.261 e. The minimum atomic E-state index is -3.84. The maximum atomic E-state index is 12.6. The fourth-order valence-electron chi connectivity index (χ4n) is 2.80. The third-order valence-corrected chi connectivity index (χ3v) is 5.95. The van der Waals surface area contributed by atoms with Gasteiger partial charge in [-0.15, -0.1) is 0 Å². The van der Waals surface area contributed by atoms with E-state index in [0.29, 0.717) is 11.6 Å². The summed E-state index contributed by atoms with van der Waals surface area (Å²) in [5.41, 5.74) is 8.15. The first-order chi connectivity index (χ1) is 13.3. The van der Waals surface area contributed by atoms with E-state index in [0.717, 1.165) is 11.3 Å². The zero-order valence-corrected chi connectivity index (χ0v) is 16.5. The number of aliphatic imine (C=N–C) groups is 1. The smallest absolute Gasteiger partial charge is 0.261 e. The normalized spacial score (nSPS) is 16.1. The Morgan fingerprint density at radius 1 is 1.07 bits per heavy atom. The molecule has 10 heteroatoms. The molecule has 1 atom stereocenters. The molecule has 1 aliphatic heterocycles. The number of anilines is 2. The van der Waals surface area contributed by atoms with Crippen LogP contribution in [0.4, 0.5) is 17.3 Å². The van der Waals surface area contributed by atoms with Gasteiger partial charge in [0.2, 0.25) is 5.88 Å². The number of hydrogen-bond acceptors (Lipinski definition) is 6. The molecule has 1 aromatic heterocycles. The molecule has 3 aromatic rings. The first-order valence-corrected chi connectivity index (χ1v) is 10.3. The van der Waals surface area contributed by atoms with E-state index in [2.05, 4.69) is 9.71 Å². The van der Waals surface area contributed by atoms with E-state index in [1.54, 1.807) is 41.6 Å². The van der Waals surface area contributed by atoms with Gasteiger partial charge in [-0.05, 0) is 48.5 Å². The van der Waals surface area contributed by atoms with Gasteiger partial charge in [-0.25, -0.2) is 13.4 Å². The lowest BCUT2D eigenvalue weighted by atomic mass is 10.2. The number of nitrogens with zero attached hydrogens (tertiary/aromatic N) is 2. The Morgan fingerprint density at radius 2 is 1.75 bits per heavy atom. The highest BCUT2D eigenvalue weighted by Gasteiger charge is 2.24. The van der Waals surface area contributed by atoms with Crippen LogP contribution in [0.2, 0.25) is 10.0 Å². The van der Waals surface area contributed by atoms with E-state index in [1.807, 2.05) is 0 Å². The third kappa shape index (κ3) is 3.59. The van der Waals surface area contributed by atoms with Gasteiger partial charge in [0.1, 0.15) is 12.5 Å². The number of furan rings is 1. The molecular formula is C18H14Cl2N4O3S. The highest BCUT2D eigenvalue weighted by atomic mass is 35.5. The van der Waals surface area contributed by atoms with Gasteiger partial charge >= 0.3 is 0 Å². The molecule has 0 saturated heterocycles. The van der Waals surface area contributed by atoms with Crippen LogP contribution in [0.3, 0.4) is 0 Å². The van der Waals surface area contributed by atoms with Gasteiger partial charge in [-0.2, -0.15) is 0 Å². The lowest BCUT2D eigenvalue weighted by molar-refractivity contribution is 0.567. The second kappa shape index (κ2) is 7.14. The van der Waals surface area contributed by atoms with Crippen LogP contribution in [0.1, 0.15) is 11.7 Å². The SMILES string of the molecule is NC1c2ccoc2N=CN1c1ccc(NS(=O)(=O)c2cc(Cl)cc(Cl)c2)cc1. The topological polar surface area (TPSA) is 101 Å². The number of halogens is 2. The largest absolute Gasteiger partial charge is 0.446 e. The molecule has 3 N–H and O–H groups in total. The van der Waals surface area contributed by atoms with Crippen molar-refractivity contribution in [1.82, 2.24) is 0 Å². The van der Waals surface area contributed by atoms with Crippen molar-refractivity contribution >= 4 is 56.8 Å². The highest BCUT2D eigenvalue weighted by molar-refractivity contribution is 7.92. The summed E-state index contributed by atoms with van der Waals surface area (Å²) in [6.45, 7) is 0. The summed E-state index contributed by atoms with van der Waals surface area (Å²) in [6, 6.07) is 12.6. The van der Waals surface area contributed by atoms with Crippen molar-refractivity contribution in [1.29, 1.82) is 0 Å². The molecule has 0 saturated carbocycles. The first-order valence-electron chi connectivity index (χ1n) is 8.08. The summed E-state index contributed by atoms with van der Waals surface area (Å²) in [4.78, 5) is 5.95. The van der Waals surface area contributed by atoms with Crippen LogP contribution in [0.5, 0.6) is 0 Å². The zero-order chi connectivity index (χ0) is 19.9. The molecule has 1 aliphatic rings. The molecule has 0 aliphatic carbocycles. The van der Waals surface area contributed by atoms with Crippen LogP contribution < -0.4 is 15.4 Å². The Labute approximate surface area is 171 Å². The van der Waals surface area contributed by atoms with Crippen molar-refractivity contribution < 1.29 is 12.8 Å². The third-order valence-electron chi connectivity index (χ3n) is 4.16. The Kier molecular flexibility index (Phi) is 4.80. The summed E-state index contributed by atoms with van der Waals surface area (Å²) in [5, 5.41) is 0.473. The molecular weight excluding hydrogens is 423 g/mol. The number of rotatable bonds is 4. The number of nitrogens with two attached hydrogens (primary N) is 1. The number of nitrogens with one attached hydrogen (secondary N) is 1. The Morgan fingerprint density at radius 3 is 2.43 bits per heavy atom. The van der Waals surface area contributed by atoms with E-state index in [4.69, 9.17) is 33.4 Å². The summed E-state index contributed by atoms with van der Waals surface area (Å²) in [6.07, 6.45) is 2.65. The molecule has 0 fully saturated rings. The van der Waals surface area contributed by atoms with Crippen LogP contribution in [-0.2, 0) is 10.0 Å². The zero-order valence-electron chi connectivity index (χ0n) is 14.2. The van der Waals surface area contributed by atoms with Gasteiger partial charge < -0.3 is 15.1 Å². The minimum Gasteiger partial charge on any atom is -0.446 e. The van der Waals surface area contributed by atoms with Gasteiger partial charge in [0.05, 0.1) is 16.7 Å². The summed E-state index contributed by atoms with van der Waals surface area (Å²) in [5.74, 6) is 0.480. The number of sulfonamides is 1. The molecule has 7 nitrogen and oxygen atoms in total. The lowest BCUT2D eigenvalue weighted by Gasteiger charge is -2.29. The van der Waals surface area contributed by atoms with Crippen LogP contribution in [-0.4, -0.2) is 14.8 Å². The standard InChI is InChI=1S/C18H14Cl2N4O3S/c19-11-7-12(20)9-15(8-11)28(25,26)23-13-1-3-14(4-2-13)24-10-22-18-16(17(24)21)5-6-27-18/h1-10,17,23H,21H2. The molecule has 0 spiro atoms. The Balaban J connectivity index is 1.55. The monoisotopic (exact) mass is 436 g/mol. The summed E-state index contributed by atoms with van der Waals surface area (Å²) >= 11 is 11.8. The summed E-state index contributed by atoms with van der Waals surface area (Å²) < 4.78 is 32.9. The number of hydrogen-bond donors (Lipinski definition) is 2. The van der Waals surface area contributed by atoms with E-state index in [9.17, 15) is 8.42 Å². The van der Waals surface area contributed by atoms with E-state index in [-0.39, 0.29) is 14.9 Å². The first kappa shape index (κ1) is 18.8. The predicted octanol–water partition coefficient (Wildman–Crippen LogP) is 4.52. The molecule has 2 heterocycles. The average Bonchev–Trinajstić information content (AvgIpc) is 3.12. The van der Waals surface area contributed by atoms with Gasteiger partial charge in [0, 0.05) is 21.4 Å². The van der Waals surface area contributed by atoms with Crippen molar-refractivity contribution in [3.05, 3.63) is 70.4 Å². The van der Waals surface area contributed by atoms with Crippen LogP contribution in [0.15, 0.2) is 69.1 Å². The van der Waals surface area contributed by atoms with Crippen LogP contribution >= 0.6 is 23.2 Å². The van der Waals surface area contributed by atoms with Crippen molar-refractivity contribution in [2.75, 3.05) is 9.62 Å². The molecule has 0 amide bonds. The van der Waals surface area contributed by atoms with Crippen molar-refractivity contribution in [3.8, 4) is 0 Å². The Bertz CT molecular complexity index is 1140. The van der Waals surface area contributed by atoms with E-state index >= 15 is 0 Å². The van der Waals surface area contributed by atoms with Crippen molar-refractivity contribution in [2.24, 2.45) is 10.7 Å². The van der Waals surface area contributed by atoms with Crippen molar-refractivity contribution in [2.45, 2.75) is 11.1 Å². The fourth-order valence-corrected chi connectivity index (χ4v) is 4.59. The molecule has 28 heavy (non-hydrogen) atoms. The minimum absolute atomic E-state index is 0.0215. The fraction of sp³-hybridized carbons (Fsp3) is 0.0556. The van der Waals surface area contributed by atoms with Crippen molar-refractivity contribution in [3.63, 3.8) is 0 Å². The maximum absolute atomic E-state index is 12.6. The molecule has 0 radical (unpaired) electrons. The van der Waals surface area contributed by atoms with E-state index in [1.165, 1.54) is 24.5 Å². The second-order valence-electron chi connectivity index (χ2n) is 6.04. The second-order valence-corrected chi connectivity index (χ2v) is 8.59. The van der Waals surface area contributed by atoms with Gasteiger partial charge in [0.25, 0.3) is 10.0 Å². The molecule has 4 rings (SSSR count). The molecule has 144 valence electrons. The highest BCUT2D eigenvalue weighted by Crippen LogP contribution is 2.34. The molecule has 0 bridgehead atoms. The van der Waals surface area contributed by atoms with Gasteiger partial charge in [-0.3, -0.25) is 4.72 Å². The van der Waals surface area contributed by atoms with Crippen LogP contribution in [0, 0.1) is 0 Å². The quantitative estimate of drug-likeness (QED) is 0.625. The number of benzene rings is 2. The van der Waals surface area contributed by atoms with Gasteiger partial charge in [-0.1, -0.05) is 23.2 Å². The molecule has 2 aromatic carbocycles.